The van der Waals surface area contributed by atoms with Gasteiger partial charge in [0.15, 0.2) is 5.84 Å². The molecule has 112 valence electrons. The molecule has 0 aliphatic rings. The van der Waals surface area contributed by atoms with Gasteiger partial charge in [0, 0.05) is 18.7 Å². The maximum absolute atomic E-state index is 13.3. The number of amidine groups is 1. The van der Waals surface area contributed by atoms with Crippen LogP contribution in [0.2, 0.25) is 0 Å². The highest BCUT2D eigenvalue weighted by Gasteiger charge is 2.09. The number of aromatic nitrogens is 3. The molecule has 7 nitrogen and oxygen atoms in total. The molecule has 0 saturated heterocycles. The smallest absolute Gasteiger partial charge is 0.170 e. The number of nitrogens with zero attached hydrogens (tertiary/aromatic N) is 4. The van der Waals surface area contributed by atoms with Crippen molar-refractivity contribution >= 4 is 5.84 Å². The van der Waals surface area contributed by atoms with Crippen LogP contribution in [0.15, 0.2) is 29.7 Å². The fraction of sp³-hybridized carbons (Fsp3) is 0.308. The van der Waals surface area contributed by atoms with Gasteiger partial charge in [-0.1, -0.05) is 11.2 Å². The lowest BCUT2D eigenvalue weighted by atomic mass is 10.1. The number of halogens is 1. The van der Waals surface area contributed by atoms with Crippen molar-refractivity contribution in [2.24, 2.45) is 10.9 Å². The van der Waals surface area contributed by atoms with E-state index in [0.29, 0.717) is 18.7 Å². The first-order chi connectivity index (χ1) is 10.2. The second kappa shape index (κ2) is 6.80. The SMILES string of the molecule is CCn1cnnc1CNCc1ccc(F)cc1/C(N)=N/O. The molecule has 0 bridgehead atoms. The fourth-order valence-corrected chi connectivity index (χ4v) is 1.98. The Morgan fingerprint density at radius 3 is 3.00 bits per heavy atom. The van der Waals surface area contributed by atoms with E-state index in [1.807, 2.05) is 11.5 Å². The molecule has 0 saturated carbocycles. The van der Waals surface area contributed by atoms with Gasteiger partial charge >= 0.3 is 0 Å². The third-order valence-corrected chi connectivity index (χ3v) is 3.09. The van der Waals surface area contributed by atoms with E-state index >= 15 is 0 Å². The Hall–Kier alpha value is -2.48. The molecule has 0 spiro atoms. The Bertz CT molecular complexity index is 639. The number of hydrogen-bond acceptors (Lipinski definition) is 5. The normalized spacial score (nSPS) is 11.8. The predicted molar refractivity (Wildman–Crippen MR) is 75.2 cm³/mol. The van der Waals surface area contributed by atoms with E-state index in [2.05, 4.69) is 20.7 Å². The molecule has 2 rings (SSSR count). The Kier molecular flexibility index (Phi) is 4.83. The van der Waals surface area contributed by atoms with Gasteiger partial charge in [0.2, 0.25) is 0 Å². The molecule has 8 heteroatoms. The monoisotopic (exact) mass is 292 g/mol. The van der Waals surface area contributed by atoms with E-state index < -0.39 is 5.82 Å². The molecule has 0 amide bonds. The maximum atomic E-state index is 13.3. The Balaban J connectivity index is 2.06. The molecule has 1 aromatic heterocycles. The van der Waals surface area contributed by atoms with Crippen LogP contribution in [0, 0.1) is 5.82 Å². The molecule has 1 heterocycles. The summed E-state index contributed by atoms with van der Waals surface area (Å²) in [6.45, 7) is 3.74. The standard InChI is InChI=1S/C13H17FN6O/c1-2-20-8-17-18-12(20)7-16-6-9-3-4-10(14)5-11(9)13(15)19-21/h3-5,8,16,21H,2,6-7H2,1H3,(H2,15,19). The zero-order valence-electron chi connectivity index (χ0n) is 11.6. The molecule has 0 radical (unpaired) electrons. The van der Waals surface area contributed by atoms with Crippen molar-refractivity contribution in [2.75, 3.05) is 0 Å². The summed E-state index contributed by atoms with van der Waals surface area (Å²) in [4.78, 5) is 0. The minimum atomic E-state index is -0.439. The average Bonchev–Trinajstić information content (AvgIpc) is 2.95. The summed E-state index contributed by atoms with van der Waals surface area (Å²) in [6, 6.07) is 4.17. The Labute approximate surface area is 121 Å². The second-order valence-corrected chi connectivity index (χ2v) is 4.42. The van der Waals surface area contributed by atoms with E-state index in [1.54, 1.807) is 12.4 Å². The molecular weight excluding hydrogens is 275 g/mol. The van der Waals surface area contributed by atoms with Crippen molar-refractivity contribution in [3.63, 3.8) is 0 Å². The number of benzene rings is 1. The van der Waals surface area contributed by atoms with Crippen LogP contribution in [0.1, 0.15) is 23.9 Å². The van der Waals surface area contributed by atoms with Gasteiger partial charge < -0.3 is 20.8 Å². The number of aryl methyl sites for hydroxylation is 1. The van der Waals surface area contributed by atoms with Crippen LogP contribution in [-0.4, -0.2) is 25.8 Å². The summed E-state index contributed by atoms with van der Waals surface area (Å²) < 4.78 is 15.2. The minimum Gasteiger partial charge on any atom is -0.409 e. The summed E-state index contributed by atoms with van der Waals surface area (Å²) in [5.74, 6) is 0.249. The van der Waals surface area contributed by atoms with Crippen LogP contribution < -0.4 is 11.1 Å². The molecular formula is C13H17FN6O. The highest BCUT2D eigenvalue weighted by molar-refractivity contribution is 5.98. The van der Waals surface area contributed by atoms with Crippen LogP contribution in [0.3, 0.4) is 0 Å². The largest absolute Gasteiger partial charge is 0.409 e. The first kappa shape index (κ1) is 14.9. The fourth-order valence-electron chi connectivity index (χ4n) is 1.98. The zero-order valence-corrected chi connectivity index (χ0v) is 11.6. The van der Waals surface area contributed by atoms with Gasteiger partial charge in [-0.3, -0.25) is 0 Å². The number of hydrogen-bond donors (Lipinski definition) is 3. The summed E-state index contributed by atoms with van der Waals surface area (Å²) in [6.07, 6.45) is 1.66. The Morgan fingerprint density at radius 2 is 2.29 bits per heavy atom. The first-order valence-electron chi connectivity index (χ1n) is 6.49. The van der Waals surface area contributed by atoms with Gasteiger partial charge in [0.05, 0.1) is 6.54 Å². The van der Waals surface area contributed by atoms with Crippen LogP contribution in [0.25, 0.3) is 0 Å². The highest BCUT2D eigenvalue weighted by atomic mass is 19.1. The Morgan fingerprint density at radius 1 is 1.48 bits per heavy atom. The van der Waals surface area contributed by atoms with Crippen molar-refractivity contribution < 1.29 is 9.60 Å². The summed E-state index contributed by atoms with van der Waals surface area (Å²) in [5, 5.41) is 22.7. The van der Waals surface area contributed by atoms with Crippen LogP contribution in [-0.2, 0) is 19.6 Å². The summed E-state index contributed by atoms with van der Waals surface area (Å²) in [7, 11) is 0. The van der Waals surface area contributed by atoms with Crippen molar-refractivity contribution in [1.29, 1.82) is 0 Å². The molecule has 0 aliphatic carbocycles. The second-order valence-electron chi connectivity index (χ2n) is 4.42. The van der Waals surface area contributed by atoms with Crippen molar-refractivity contribution in [2.45, 2.75) is 26.6 Å². The van der Waals surface area contributed by atoms with Gasteiger partial charge in [-0.25, -0.2) is 4.39 Å². The highest BCUT2D eigenvalue weighted by Crippen LogP contribution is 2.11. The summed E-state index contributed by atoms with van der Waals surface area (Å²) >= 11 is 0. The van der Waals surface area contributed by atoms with Gasteiger partial charge in [0.1, 0.15) is 18.0 Å². The van der Waals surface area contributed by atoms with Crippen LogP contribution >= 0.6 is 0 Å². The van der Waals surface area contributed by atoms with Gasteiger partial charge in [-0.05, 0) is 24.6 Å². The molecule has 0 fully saturated rings. The molecule has 21 heavy (non-hydrogen) atoms. The number of oxime groups is 1. The quantitative estimate of drug-likeness (QED) is 0.317. The van der Waals surface area contributed by atoms with Crippen LogP contribution in [0.4, 0.5) is 4.39 Å². The number of nitrogens with two attached hydrogens (primary N) is 1. The van der Waals surface area contributed by atoms with Crippen molar-refractivity contribution in [3.8, 4) is 0 Å². The van der Waals surface area contributed by atoms with Crippen LogP contribution in [0.5, 0.6) is 0 Å². The van der Waals surface area contributed by atoms with Gasteiger partial charge in [0.25, 0.3) is 0 Å². The minimum absolute atomic E-state index is 0.122. The lowest BCUT2D eigenvalue weighted by Gasteiger charge is -2.10. The third kappa shape index (κ3) is 3.54. The topological polar surface area (TPSA) is 101 Å². The maximum Gasteiger partial charge on any atom is 0.170 e. The van der Waals surface area contributed by atoms with E-state index in [-0.39, 0.29) is 5.84 Å². The zero-order chi connectivity index (χ0) is 15.2. The molecule has 4 N–H and O–H groups in total. The van der Waals surface area contributed by atoms with E-state index in [1.165, 1.54) is 12.1 Å². The average molecular weight is 292 g/mol. The molecule has 0 aliphatic heterocycles. The first-order valence-corrected chi connectivity index (χ1v) is 6.49. The third-order valence-electron chi connectivity index (χ3n) is 3.09. The lowest BCUT2D eigenvalue weighted by molar-refractivity contribution is 0.318. The summed E-state index contributed by atoms with van der Waals surface area (Å²) in [5.41, 5.74) is 6.65. The van der Waals surface area contributed by atoms with E-state index in [4.69, 9.17) is 10.9 Å². The van der Waals surface area contributed by atoms with Crippen molar-refractivity contribution in [3.05, 3.63) is 47.3 Å². The van der Waals surface area contributed by atoms with Gasteiger partial charge in [-0.15, -0.1) is 10.2 Å². The lowest BCUT2D eigenvalue weighted by Crippen LogP contribution is -2.21. The van der Waals surface area contributed by atoms with E-state index in [9.17, 15) is 4.39 Å². The van der Waals surface area contributed by atoms with Crippen molar-refractivity contribution in [1.82, 2.24) is 20.1 Å². The number of nitrogens with one attached hydrogen (secondary N) is 1. The molecule has 2 aromatic rings. The van der Waals surface area contributed by atoms with Gasteiger partial charge in [-0.2, -0.15) is 0 Å². The number of rotatable bonds is 6. The molecule has 0 unspecified atom stereocenters. The molecule has 0 atom stereocenters. The molecule has 1 aromatic carbocycles. The predicted octanol–water partition coefficient (Wildman–Crippen LogP) is 0.821. The van der Waals surface area contributed by atoms with E-state index in [0.717, 1.165) is 17.9 Å².